The second-order valence-electron chi connectivity index (χ2n) is 6.07. The SMILES string of the molecule is COc1ccc(CNC(=O)CC(CN)OC)c(OC2CCCC2)c1.Cl. The van der Waals surface area contributed by atoms with Gasteiger partial charge in [0.1, 0.15) is 11.5 Å². The fourth-order valence-corrected chi connectivity index (χ4v) is 2.84. The molecule has 0 spiro atoms. The third kappa shape index (κ3) is 6.72. The first kappa shape index (κ1) is 21.5. The maximum Gasteiger partial charge on any atom is 0.222 e. The predicted octanol–water partition coefficient (Wildman–Crippen LogP) is 2.42. The molecular formula is C18H29ClN2O4. The van der Waals surface area contributed by atoms with E-state index in [0.29, 0.717) is 13.1 Å². The quantitative estimate of drug-likeness (QED) is 0.695. The molecule has 142 valence electrons. The normalized spacial score (nSPS) is 15.3. The zero-order chi connectivity index (χ0) is 17.4. The van der Waals surface area contributed by atoms with E-state index in [2.05, 4.69) is 5.32 Å². The van der Waals surface area contributed by atoms with Gasteiger partial charge in [-0.1, -0.05) is 0 Å². The van der Waals surface area contributed by atoms with Crippen LogP contribution in [0.2, 0.25) is 0 Å². The molecule has 0 aromatic heterocycles. The Labute approximate surface area is 155 Å². The van der Waals surface area contributed by atoms with Gasteiger partial charge in [0.15, 0.2) is 0 Å². The summed E-state index contributed by atoms with van der Waals surface area (Å²) >= 11 is 0. The molecule has 3 N–H and O–H groups in total. The molecule has 1 atom stereocenters. The zero-order valence-corrected chi connectivity index (χ0v) is 15.8. The molecule has 25 heavy (non-hydrogen) atoms. The topological polar surface area (TPSA) is 82.8 Å². The number of benzene rings is 1. The summed E-state index contributed by atoms with van der Waals surface area (Å²) in [4.78, 5) is 12.0. The van der Waals surface area contributed by atoms with Crippen LogP contribution in [0, 0.1) is 0 Å². The van der Waals surface area contributed by atoms with Crippen LogP contribution in [0.25, 0.3) is 0 Å². The van der Waals surface area contributed by atoms with E-state index in [0.717, 1.165) is 29.9 Å². The van der Waals surface area contributed by atoms with Crippen molar-refractivity contribution in [2.75, 3.05) is 20.8 Å². The summed E-state index contributed by atoms with van der Waals surface area (Å²) < 4.78 is 16.6. The number of carbonyl (C=O) groups excluding carboxylic acids is 1. The molecule has 1 aliphatic carbocycles. The molecule has 1 aromatic carbocycles. The molecule has 0 bridgehead atoms. The third-order valence-electron chi connectivity index (χ3n) is 4.36. The summed E-state index contributed by atoms with van der Waals surface area (Å²) in [5.41, 5.74) is 6.49. The van der Waals surface area contributed by atoms with E-state index >= 15 is 0 Å². The smallest absolute Gasteiger partial charge is 0.222 e. The first-order chi connectivity index (χ1) is 11.7. The van der Waals surface area contributed by atoms with Gasteiger partial charge in [-0.2, -0.15) is 0 Å². The Morgan fingerprint density at radius 2 is 2.04 bits per heavy atom. The van der Waals surface area contributed by atoms with Crippen molar-refractivity contribution >= 4 is 18.3 Å². The van der Waals surface area contributed by atoms with Crippen molar-refractivity contribution in [1.82, 2.24) is 5.32 Å². The minimum atomic E-state index is -0.255. The lowest BCUT2D eigenvalue weighted by Crippen LogP contribution is -2.32. The second kappa shape index (κ2) is 11.2. The lowest BCUT2D eigenvalue weighted by Gasteiger charge is -2.18. The summed E-state index contributed by atoms with van der Waals surface area (Å²) in [6.45, 7) is 0.731. The van der Waals surface area contributed by atoms with Crippen LogP contribution in [-0.2, 0) is 16.1 Å². The predicted molar refractivity (Wildman–Crippen MR) is 99.4 cm³/mol. The minimum Gasteiger partial charge on any atom is -0.497 e. The highest BCUT2D eigenvalue weighted by molar-refractivity contribution is 5.85. The van der Waals surface area contributed by atoms with Crippen LogP contribution in [-0.4, -0.2) is 38.9 Å². The molecule has 1 fully saturated rings. The number of carbonyl (C=O) groups is 1. The molecule has 0 aliphatic heterocycles. The van der Waals surface area contributed by atoms with Crippen molar-refractivity contribution < 1.29 is 19.0 Å². The number of hydrogen-bond donors (Lipinski definition) is 2. The molecule has 0 heterocycles. The number of methoxy groups -OCH3 is 2. The van der Waals surface area contributed by atoms with Crippen LogP contribution in [0.3, 0.4) is 0 Å². The average Bonchev–Trinajstić information content (AvgIpc) is 3.11. The highest BCUT2D eigenvalue weighted by Crippen LogP contribution is 2.30. The van der Waals surface area contributed by atoms with Gasteiger partial charge >= 0.3 is 0 Å². The van der Waals surface area contributed by atoms with Crippen molar-refractivity contribution in [1.29, 1.82) is 0 Å². The van der Waals surface area contributed by atoms with E-state index in [9.17, 15) is 4.79 Å². The third-order valence-corrected chi connectivity index (χ3v) is 4.36. The fraction of sp³-hybridized carbons (Fsp3) is 0.611. The summed E-state index contributed by atoms with van der Waals surface area (Å²) in [5, 5.41) is 2.91. The number of ether oxygens (including phenoxy) is 3. The van der Waals surface area contributed by atoms with Crippen molar-refractivity contribution in [2.45, 2.75) is 50.9 Å². The van der Waals surface area contributed by atoms with Crippen LogP contribution < -0.4 is 20.5 Å². The number of nitrogens with two attached hydrogens (primary N) is 1. The number of amides is 1. The van der Waals surface area contributed by atoms with Crippen LogP contribution in [0.4, 0.5) is 0 Å². The second-order valence-corrected chi connectivity index (χ2v) is 6.07. The molecular weight excluding hydrogens is 344 g/mol. The summed E-state index contributed by atoms with van der Waals surface area (Å²) in [6, 6.07) is 5.69. The Hall–Kier alpha value is -1.50. The summed E-state index contributed by atoms with van der Waals surface area (Å²) in [6.07, 6.45) is 4.82. The van der Waals surface area contributed by atoms with Crippen LogP contribution >= 0.6 is 12.4 Å². The zero-order valence-electron chi connectivity index (χ0n) is 15.0. The maximum atomic E-state index is 12.0. The van der Waals surface area contributed by atoms with Gasteiger partial charge in [0.05, 0.1) is 25.7 Å². The van der Waals surface area contributed by atoms with E-state index in [1.807, 2.05) is 18.2 Å². The fourth-order valence-electron chi connectivity index (χ4n) is 2.84. The van der Waals surface area contributed by atoms with Gasteiger partial charge < -0.3 is 25.3 Å². The standard InChI is InChI=1S/C18H28N2O4.ClH/c1-22-15-8-7-13(12-20-18(21)10-16(11-19)23-2)17(9-15)24-14-5-3-4-6-14;/h7-9,14,16H,3-6,10-12,19H2,1-2H3,(H,20,21);1H. The number of hydrogen-bond acceptors (Lipinski definition) is 5. The van der Waals surface area contributed by atoms with Crippen LogP contribution in [0.5, 0.6) is 11.5 Å². The average molecular weight is 373 g/mol. The molecule has 1 saturated carbocycles. The van der Waals surface area contributed by atoms with E-state index in [1.54, 1.807) is 14.2 Å². The van der Waals surface area contributed by atoms with Gasteiger partial charge in [0.2, 0.25) is 5.91 Å². The molecule has 6 nitrogen and oxygen atoms in total. The van der Waals surface area contributed by atoms with Crippen LogP contribution in [0.1, 0.15) is 37.7 Å². The van der Waals surface area contributed by atoms with Gasteiger partial charge in [-0.05, 0) is 37.8 Å². The molecule has 0 radical (unpaired) electrons. The lowest BCUT2D eigenvalue weighted by molar-refractivity contribution is -0.123. The lowest BCUT2D eigenvalue weighted by atomic mass is 10.1. The van der Waals surface area contributed by atoms with Gasteiger partial charge in [-0.3, -0.25) is 4.79 Å². The van der Waals surface area contributed by atoms with Crippen molar-refractivity contribution in [3.05, 3.63) is 23.8 Å². The maximum absolute atomic E-state index is 12.0. The molecule has 2 rings (SSSR count). The van der Waals surface area contributed by atoms with Crippen molar-refractivity contribution in [3.8, 4) is 11.5 Å². The monoisotopic (exact) mass is 372 g/mol. The van der Waals surface area contributed by atoms with E-state index in [-0.39, 0.29) is 36.9 Å². The Kier molecular flexibility index (Phi) is 9.63. The first-order valence-corrected chi connectivity index (χ1v) is 8.49. The van der Waals surface area contributed by atoms with Crippen molar-refractivity contribution in [3.63, 3.8) is 0 Å². The molecule has 1 amide bonds. The van der Waals surface area contributed by atoms with Gasteiger partial charge in [-0.15, -0.1) is 12.4 Å². The van der Waals surface area contributed by atoms with Crippen molar-refractivity contribution in [2.24, 2.45) is 5.73 Å². The Morgan fingerprint density at radius 3 is 2.64 bits per heavy atom. The highest BCUT2D eigenvalue weighted by Gasteiger charge is 2.19. The Balaban J connectivity index is 0.00000312. The largest absolute Gasteiger partial charge is 0.497 e. The molecule has 1 aromatic rings. The number of rotatable bonds is 9. The van der Waals surface area contributed by atoms with Crippen LogP contribution in [0.15, 0.2) is 18.2 Å². The van der Waals surface area contributed by atoms with Gasteiger partial charge in [-0.25, -0.2) is 0 Å². The van der Waals surface area contributed by atoms with Gasteiger partial charge in [0.25, 0.3) is 0 Å². The van der Waals surface area contributed by atoms with E-state index < -0.39 is 0 Å². The minimum absolute atomic E-state index is 0. The highest BCUT2D eigenvalue weighted by atomic mass is 35.5. The molecule has 1 unspecified atom stereocenters. The molecule has 0 saturated heterocycles. The number of halogens is 1. The van der Waals surface area contributed by atoms with E-state index in [4.69, 9.17) is 19.9 Å². The molecule has 7 heteroatoms. The first-order valence-electron chi connectivity index (χ1n) is 8.49. The summed E-state index contributed by atoms with van der Waals surface area (Å²) in [5.74, 6) is 1.44. The van der Waals surface area contributed by atoms with Gasteiger partial charge in [0, 0.05) is 31.8 Å². The Morgan fingerprint density at radius 1 is 1.32 bits per heavy atom. The van der Waals surface area contributed by atoms with E-state index in [1.165, 1.54) is 12.8 Å². The summed E-state index contributed by atoms with van der Waals surface area (Å²) in [7, 11) is 3.19. The molecule has 1 aliphatic rings. The Bertz CT molecular complexity index is 532. The number of nitrogens with one attached hydrogen (secondary N) is 1.